The van der Waals surface area contributed by atoms with Gasteiger partial charge in [0.2, 0.25) is 0 Å². The number of methoxy groups -OCH3 is 1. The molecule has 2 rings (SSSR count). The molecule has 0 aromatic heterocycles. The van der Waals surface area contributed by atoms with E-state index in [1.165, 1.54) is 39.2 Å². The van der Waals surface area contributed by atoms with Gasteiger partial charge in [0.05, 0.1) is 7.11 Å². The molecule has 0 amide bonds. The third-order valence-electron chi connectivity index (χ3n) is 4.33. The zero-order chi connectivity index (χ0) is 12.4. The van der Waals surface area contributed by atoms with Crippen molar-refractivity contribution in [3.05, 3.63) is 12.2 Å². The average molecular weight is 236 g/mol. The SMILES string of the molecule is C=C(C(=O)OC)C1C(C=O)C1C1CCCCC1. The molecule has 2 aliphatic rings. The number of carbonyl (C=O) groups excluding carboxylic acids is 2. The van der Waals surface area contributed by atoms with Crippen LogP contribution in [0.25, 0.3) is 0 Å². The molecule has 3 atom stereocenters. The smallest absolute Gasteiger partial charge is 0.333 e. The Morgan fingerprint density at radius 3 is 2.47 bits per heavy atom. The standard InChI is InChI=1S/C14H20O3/c1-9(14(16)17-2)12-11(8-15)13(12)10-6-4-3-5-7-10/h8,10-13H,1,3-7H2,2H3. The van der Waals surface area contributed by atoms with Gasteiger partial charge in [0.15, 0.2) is 0 Å². The van der Waals surface area contributed by atoms with Crippen molar-refractivity contribution in [2.75, 3.05) is 7.11 Å². The monoisotopic (exact) mass is 236 g/mol. The van der Waals surface area contributed by atoms with E-state index in [0.717, 1.165) is 6.29 Å². The first kappa shape index (κ1) is 12.3. The maximum atomic E-state index is 11.4. The highest BCUT2D eigenvalue weighted by molar-refractivity contribution is 5.90. The minimum atomic E-state index is -0.361. The van der Waals surface area contributed by atoms with Gasteiger partial charge in [-0.3, -0.25) is 0 Å². The summed E-state index contributed by atoms with van der Waals surface area (Å²) in [7, 11) is 1.36. The van der Waals surface area contributed by atoms with Gasteiger partial charge < -0.3 is 9.53 Å². The van der Waals surface area contributed by atoms with E-state index < -0.39 is 0 Å². The Hall–Kier alpha value is -1.12. The lowest BCUT2D eigenvalue weighted by Gasteiger charge is -2.21. The van der Waals surface area contributed by atoms with Gasteiger partial charge in [0.25, 0.3) is 0 Å². The number of ether oxygens (including phenoxy) is 1. The summed E-state index contributed by atoms with van der Waals surface area (Å²) in [4.78, 5) is 22.5. The van der Waals surface area contributed by atoms with Crippen LogP contribution in [0.1, 0.15) is 32.1 Å². The van der Waals surface area contributed by atoms with Gasteiger partial charge in [0.1, 0.15) is 6.29 Å². The number of esters is 1. The van der Waals surface area contributed by atoms with Gasteiger partial charge in [0, 0.05) is 17.4 Å². The number of hydrogen-bond donors (Lipinski definition) is 0. The zero-order valence-electron chi connectivity index (χ0n) is 10.4. The van der Waals surface area contributed by atoms with Crippen LogP contribution in [0.3, 0.4) is 0 Å². The van der Waals surface area contributed by atoms with Crippen molar-refractivity contribution >= 4 is 12.3 Å². The molecule has 17 heavy (non-hydrogen) atoms. The van der Waals surface area contributed by atoms with Crippen molar-refractivity contribution in [3.63, 3.8) is 0 Å². The molecule has 3 nitrogen and oxygen atoms in total. The summed E-state index contributed by atoms with van der Waals surface area (Å²) in [6.07, 6.45) is 7.20. The van der Waals surface area contributed by atoms with Crippen LogP contribution < -0.4 is 0 Å². The van der Waals surface area contributed by atoms with Crippen molar-refractivity contribution in [2.45, 2.75) is 32.1 Å². The number of rotatable bonds is 4. The molecule has 0 N–H and O–H groups in total. The molecule has 0 bridgehead atoms. The summed E-state index contributed by atoms with van der Waals surface area (Å²) in [5.74, 6) is 0.637. The highest BCUT2D eigenvalue weighted by Gasteiger charge is 2.56. The van der Waals surface area contributed by atoms with Crippen LogP contribution in [0.5, 0.6) is 0 Å². The molecule has 94 valence electrons. The van der Waals surface area contributed by atoms with Crippen molar-refractivity contribution in [1.29, 1.82) is 0 Å². The maximum Gasteiger partial charge on any atom is 0.333 e. The fraction of sp³-hybridized carbons (Fsp3) is 0.714. The lowest BCUT2D eigenvalue weighted by Crippen LogP contribution is -2.12. The molecular weight excluding hydrogens is 216 g/mol. The van der Waals surface area contributed by atoms with Crippen LogP contribution in [-0.2, 0) is 14.3 Å². The van der Waals surface area contributed by atoms with Crippen LogP contribution in [0, 0.1) is 23.7 Å². The quantitative estimate of drug-likeness (QED) is 0.427. The Labute approximate surface area is 102 Å². The summed E-state index contributed by atoms with van der Waals surface area (Å²) in [6.45, 7) is 3.80. The zero-order valence-corrected chi connectivity index (χ0v) is 10.4. The Balaban J connectivity index is 2.01. The maximum absolute atomic E-state index is 11.4. The van der Waals surface area contributed by atoms with Gasteiger partial charge in [-0.05, 0) is 11.8 Å². The Morgan fingerprint density at radius 1 is 1.29 bits per heavy atom. The topological polar surface area (TPSA) is 43.4 Å². The minimum absolute atomic E-state index is 0.00435. The molecule has 0 heterocycles. The van der Waals surface area contributed by atoms with E-state index >= 15 is 0 Å². The van der Waals surface area contributed by atoms with E-state index in [-0.39, 0.29) is 17.8 Å². The summed E-state index contributed by atoms with van der Waals surface area (Å²) in [5, 5.41) is 0. The molecule has 0 aromatic rings. The largest absolute Gasteiger partial charge is 0.466 e. The molecule has 0 aliphatic heterocycles. The summed E-state index contributed by atoms with van der Waals surface area (Å²) in [5.41, 5.74) is 0.486. The highest BCUT2D eigenvalue weighted by atomic mass is 16.5. The average Bonchev–Trinajstić information content (AvgIpc) is 3.12. The van der Waals surface area contributed by atoms with E-state index in [1.807, 2.05) is 0 Å². The molecule has 2 saturated carbocycles. The predicted octanol–water partition coefficient (Wildman–Crippen LogP) is 2.36. The fourth-order valence-electron chi connectivity index (χ4n) is 3.39. The second kappa shape index (κ2) is 5.03. The van der Waals surface area contributed by atoms with Gasteiger partial charge >= 0.3 is 5.97 Å². The molecule has 2 aliphatic carbocycles. The molecule has 0 saturated heterocycles. The minimum Gasteiger partial charge on any atom is -0.466 e. The first-order valence-electron chi connectivity index (χ1n) is 6.43. The molecule has 0 aromatic carbocycles. The highest BCUT2D eigenvalue weighted by Crippen LogP contribution is 2.56. The number of aldehydes is 1. The molecule has 0 radical (unpaired) electrons. The van der Waals surface area contributed by atoms with Gasteiger partial charge in [-0.2, -0.15) is 0 Å². The summed E-state index contributed by atoms with van der Waals surface area (Å²) >= 11 is 0. The van der Waals surface area contributed by atoms with Crippen molar-refractivity contribution in [2.24, 2.45) is 23.7 Å². The third kappa shape index (κ3) is 2.28. The Bertz CT molecular complexity index is 328. The first-order valence-corrected chi connectivity index (χ1v) is 6.43. The predicted molar refractivity (Wildman–Crippen MR) is 64.3 cm³/mol. The molecule has 2 fully saturated rings. The first-order chi connectivity index (χ1) is 8.20. The molecule has 3 unspecified atom stereocenters. The van der Waals surface area contributed by atoms with Gasteiger partial charge in [-0.25, -0.2) is 4.79 Å². The summed E-state index contributed by atoms with van der Waals surface area (Å²) in [6, 6.07) is 0. The van der Waals surface area contributed by atoms with E-state index in [9.17, 15) is 9.59 Å². The third-order valence-corrected chi connectivity index (χ3v) is 4.33. The Kier molecular flexibility index (Phi) is 3.65. The van der Waals surface area contributed by atoms with E-state index in [2.05, 4.69) is 11.3 Å². The van der Waals surface area contributed by atoms with E-state index in [0.29, 0.717) is 17.4 Å². The molecule has 3 heteroatoms. The van der Waals surface area contributed by atoms with Crippen LogP contribution in [0.15, 0.2) is 12.2 Å². The van der Waals surface area contributed by atoms with Crippen molar-refractivity contribution in [3.8, 4) is 0 Å². The summed E-state index contributed by atoms with van der Waals surface area (Å²) < 4.78 is 4.69. The van der Waals surface area contributed by atoms with E-state index in [1.54, 1.807) is 0 Å². The van der Waals surface area contributed by atoms with E-state index in [4.69, 9.17) is 0 Å². The lowest BCUT2D eigenvalue weighted by molar-refractivity contribution is -0.136. The van der Waals surface area contributed by atoms with Gasteiger partial charge in [-0.1, -0.05) is 38.7 Å². The van der Waals surface area contributed by atoms with Crippen molar-refractivity contribution in [1.82, 2.24) is 0 Å². The van der Waals surface area contributed by atoms with Crippen LogP contribution in [0.2, 0.25) is 0 Å². The normalized spacial score (nSPS) is 32.9. The lowest BCUT2D eigenvalue weighted by atomic mass is 9.84. The van der Waals surface area contributed by atoms with Crippen LogP contribution >= 0.6 is 0 Å². The molecular formula is C14H20O3. The second-order valence-corrected chi connectivity index (χ2v) is 5.23. The Morgan fingerprint density at radius 2 is 1.94 bits per heavy atom. The molecule has 0 spiro atoms. The second-order valence-electron chi connectivity index (χ2n) is 5.23. The fourth-order valence-corrected chi connectivity index (χ4v) is 3.39. The van der Waals surface area contributed by atoms with Crippen LogP contribution in [0.4, 0.5) is 0 Å². The van der Waals surface area contributed by atoms with Crippen molar-refractivity contribution < 1.29 is 14.3 Å². The van der Waals surface area contributed by atoms with Crippen LogP contribution in [-0.4, -0.2) is 19.4 Å². The number of hydrogen-bond acceptors (Lipinski definition) is 3. The van der Waals surface area contributed by atoms with Gasteiger partial charge in [-0.15, -0.1) is 0 Å². The number of carbonyl (C=O) groups is 2.